The number of hydrogen-bond acceptors (Lipinski definition) is 2. The summed E-state index contributed by atoms with van der Waals surface area (Å²) < 4.78 is 0.800. The Labute approximate surface area is 118 Å². The van der Waals surface area contributed by atoms with Gasteiger partial charge in [-0.2, -0.15) is 0 Å². The lowest BCUT2D eigenvalue weighted by molar-refractivity contribution is -0.115. The van der Waals surface area contributed by atoms with Crippen LogP contribution in [-0.4, -0.2) is 10.9 Å². The van der Waals surface area contributed by atoms with Crippen LogP contribution >= 0.6 is 27.5 Å². The van der Waals surface area contributed by atoms with Gasteiger partial charge >= 0.3 is 0 Å². The van der Waals surface area contributed by atoms with Crippen molar-refractivity contribution in [2.45, 2.75) is 6.42 Å². The van der Waals surface area contributed by atoms with Crippen molar-refractivity contribution in [3.8, 4) is 0 Å². The monoisotopic (exact) mass is 324 g/mol. The number of hydrogen-bond donors (Lipinski definition) is 1. The van der Waals surface area contributed by atoms with E-state index < -0.39 is 0 Å². The van der Waals surface area contributed by atoms with Crippen molar-refractivity contribution < 1.29 is 4.79 Å². The van der Waals surface area contributed by atoms with Crippen molar-refractivity contribution >= 4 is 39.1 Å². The highest BCUT2D eigenvalue weighted by Crippen LogP contribution is 2.25. The van der Waals surface area contributed by atoms with Gasteiger partial charge in [0.2, 0.25) is 5.91 Å². The highest BCUT2D eigenvalue weighted by Gasteiger charge is 2.05. The summed E-state index contributed by atoms with van der Waals surface area (Å²) in [7, 11) is 0. The Morgan fingerprint density at radius 3 is 2.89 bits per heavy atom. The molecule has 0 fully saturated rings. The van der Waals surface area contributed by atoms with Gasteiger partial charge in [0.1, 0.15) is 0 Å². The summed E-state index contributed by atoms with van der Waals surface area (Å²) in [6.07, 6.45) is 3.64. The second kappa shape index (κ2) is 5.98. The molecule has 0 unspecified atom stereocenters. The number of nitrogens with zero attached hydrogens (tertiary/aromatic N) is 1. The van der Waals surface area contributed by atoms with E-state index in [1.165, 1.54) is 0 Å². The number of aromatic nitrogens is 1. The van der Waals surface area contributed by atoms with Gasteiger partial charge in [0.25, 0.3) is 0 Å². The smallest absolute Gasteiger partial charge is 0.228 e. The second-order valence-electron chi connectivity index (χ2n) is 3.72. The molecular formula is C13H10BrClN2O. The Morgan fingerprint density at radius 2 is 2.22 bits per heavy atom. The van der Waals surface area contributed by atoms with Gasteiger partial charge in [-0.25, -0.2) is 0 Å². The average Bonchev–Trinajstić information content (AvgIpc) is 2.35. The van der Waals surface area contributed by atoms with Gasteiger partial charge in [-0.15, -0.1) is 0 Å². The maximum absolute atomic E-state index is 11.8. The molecule has 18 heavy (non-hydrogen) atoms. The molecule has 0 saturated heterocycles. The number of pyridine rings is 1. The summed E-state index contributed by atoms with van der Waals surface area (Å²) in [5, 5.41) is 3.35. The summed E-state index contributed by atoms with van der Waals surface area (Å²) in [5.41, 5.74) is 1.55. The van der Waals surface area contributed by atoms with Crippen molar-refractivity contribution in [2.75, 3.05) is 5.32 Å². The quantitative estimate of drug-likeness (QED) is 0.935. The first-order chi connectivity index (χ1) is 8.65. The van der Waals surface area contributed by atoms with E-state index >= 15 is 0 Å². The molecule has 1 aromatic carbocycles. The molecule has 1 aromatic heterocycles. The van der Waals surface area contributed by atoms with Crippen molar-refractivity contribution in [1.82, 2.24) is 4.98 Å². The zero-order chi connectivity index (χ0) is 13.0. The summed E-state index contributed by atoms with van der Waals surface area (Å²) >= 11 is 9.25. The first kappa shape index (κ1) is 13.1. The van der Waals surface area contributed by atoms with E-state index in [1.54, 1.807) is 36.7 Å². The van der Waals surface area contributed by atoms with E-state index in [9.17, 15) is 4.79 Å². The van der Waals surface area contributed by atoms with Gasteiger partial charge in [-0.3, -0.25) is 9.78 Å². The third kappa shape index (κ3) is 3.55. The van der Waals surface area contributed by atoms with E-state index in [0.29, 0.717) is 17.1 Å². The van der Waals surface area contributed by atoms with Crippen molar-refractivity contribution in [2.24, 2.45) is 0 Å². The normalized spacial score (nSPS) is 10.1. The van der Waals surface area contributed by atoms with Crippen LogP contribution in [0, 0.1) is 0 Å². The Morgan fingerprint density at radius 1 is 1.39 bits per heavy atom. The third-order valence-electron chi connectivity index (χ3n) is 2.29. The standard InChI is InChI=1S/C13H10BrClN2O/c14-11-4-3-10(7-12(11)15)17-13(18)6-9-2-1-5-16-8-9/h1-5,7-8H,6H2,(H,17,18). The Bertz CT molecular complexity index is 560. The molecule has 0 atom stereocenters. The first-order valence-electron chi connectivity index (χ1n) is 5.29. The van der Waals surface area contributed by atoms with Crippen molar-refractivity contribution in [1.29, 1.82) is 0 Å². The predicted molar refractivity (Wildman–Crippen MR) is 75.7 cm³/mol. The van der Waals surface area contributed by atoms with E-state index in [-0.39, 0.29) is 5.91 Å². The summed E-state index contributed by atoms with van der Waals surface area (Å²) in [6.45, 7) is 0. The molecule has 2 aromatic rings. The minimum Gasteiger partial charge on any atom is -0.326 e. The Balaban J connectivity index is 2.01. The molecule has 1 amide bonds. The van der Waals surface area contributed by atoms with Crippen LogP contribution in [-0.2, 0) is 11.2 Å². The molecule has 0 saturated carbocycles. The zero-order valence-corrected chi connectivity index (χ0v) is 11.7. The number of amides is 1. The van der Waals surface area contributed by atoms with Crippen LogP contribution < -0.4 is 5.32 Å². The maximum Gasteiger partial charge on any atom is 0.228 e. The Kier molecular flexibility index (Phi) is 4.33. The van der Waals surface area contributed by atoms with Gasteiger partial charge in [0.05, 0.1) is 11.4 Å². The molecule has 1 N–H and O–H groups in total. The number of carbonyl (C=O) groups is 1. The molecule has 5 heteroatoms. The molecule has 0 bridgehead atoms. The van der Waals surface area contributed by atoms with Crippen molar-refractivity contribution in [3.05, 3.63) is 57.8 Å². The predicted octanol–water partition coefficient (Wildman–Crippen LogP) is 3.68. The minimum atomic E-state index is -0.0959. The average molecular weight is 326 g/mol. The number of rotatable bonds is 3. The molecule has 0 aliphatic heterocycles. The molecule has 0 spiro atoms. The van der Waals surface area contributed by atoms with Crippen LogP contribution in [0.15, 0.2) is 47.2 Å². The molecule has 92 valence electrons. The van der Waals surface area contributed by atoms with Gasteiger partial charge in [0, 0.05) is 22.6 Å². The highest BCUT2D eigenvalue weighted by molar-refractivity contribution is 9.10. The fourth-order valence-corrected chi connectivity index (χ4v) is 1.89. The van der Waals surface area contributed by atoms with Crippen LogP contribution in [0.4, 0.5) is 5.69 Å². The van der Waals surface area contributed by atoms with Crippen LogP contribution in [0.1, 0.15) is 5.56 Å². The topological polar surface area (TPSA) is 42.0 Å². The number of nitrogens with one attached hydrogen (secondary N) is 1. The third-order valence-corrected chi connectivity index (χ3v) is 3.52. The summed E-state index contributed by atoms with van der Waals surface area (Å²) in [4.78, 5) is 15.7. The van der Waals surface area contributed by atoms with Gasteiger partial charge in [-0.1, -0.05) is 17.7 Å². The van der Waals surface area contributed by atoms with E-state index in [4.69, 9.17) is 11.6 Å². The molecule has 3 nitrogen and oxygen atoms in total. The summed E-state index contributed by atoms with van der Waals surface area (Å²) in [5.74, 6) is -0.0959. The lowest BCUT2D eigenvalue weighted by Crippen LogP contribution is -2.14. The largest absolute Gasteiger partial charge is 0.326 e. The molecule has 0 radical (unpaired) electrons. The van der Waals surface area contributed by atoms with E-state index in [2.05, 4.69) is 26.2 Å². The number of halogens is 2. The minimum absolute atomic E-state index is 0.0959. The van der Waals surface area contributed by atoms with Crippen LogP contribution in [0.25, 0.3) is 0 Å². The van der Waals surface area contributed by atoms with Crippen LogP contribution in [0.3, 0.4) is 0 Å². The maximum atomic E-state index is 11.8. The molecular weight excluding hydrogens is 316 g/mol. The van der Waals surface area contributed by atoms with E-state index in [1.807, 2.05) is 6.07 Å². The molecule has 0 aliphatic rings. The zero-order valence-electron chi connectivity index (χ0n) is 9.36. The first-order valence-corrected chi connectivity index (χ1v) is 6.46. The fraction of sp³-hybridized carbons (Fsp3) is 0.0769. The van der Waals surface area contributed by atoms with Crippen molar-refractivity contribution in [3.63, 3.8) is 0 Å². The lowest BCUT2D eigenvalue weighted by Gasteiger charge is -2.06. The highest BCUT2D eigenvalue weighted by atomic mass is 79.9. The van der Waals surface area contributed by atoms with Gasteiger partial charge in [-0.05, 0) is 45.8 Å². The van der Waals surface area contributed by atoms with Crippen LogP contribution in [0.5, 0.6) is 0 Å². The van der Waals surface area contributed by atoms with E-state index in [0.717, 1.165) is 10.0 Å². The Hall–Kier alpha value is -1.39. The summed E-state index contributed by atoms with van der Waals surface area (Å²) in [6, 6.07) is 8.95. The van der Waals surface area contributed by atoms with Gasteiger partial charge < -0.3 is 5.32 Å². The SMILES string of the molecule is O=C(Cc1cccnc1)Nc1ccc(Br)c(Cl)c1. The second-order valence-corrected chi connectivity index (χ2v) is 4.98. The number of carbonyl (C=O) groups excluding carboxylic acids is 1. The number of anilines is 1. The lowest BCUT2D eigenvalue weighted by atomic mass is 10.2. The fourth-order valence-electron chi connectivity index (χ4n) is 1.47. The molecule has 1 heterocycles. The number of benzene rings is 1. The van der Waals surface area contributed by atoms with Gasteiger partial charge in [0.15, 0.2) is 0 Å². The van der Waals surface area contributed by atoms with Crippen LogP contribution in [0.2, 0.25) is 5.02 Å². The molecule has 0 aliphatic carbocycles. The molecule has 2 rings (SSSR count).